The van der Waals surface area contributed by atoms with E-state index in [0.717, 1.165) is 5.56 Å². The highest BCUT2D eigenvalue weighted by molar-refractivity contribution is 5.48. The molecule has 0 bridgehead atoms. The standard InChI is InChI=1S/C17H19NO2/c19-16-10-4-9-15(12-16)17(20)13-18-11-5-8-14-6-2-1-3-7-14/h1-10,12,17-20H,11,13H2/t17-/m1/s1. The SMILES string of the molecule is Oc1cccc([C@H](O)CNCC=Cc2ccccc2)c1. The molecular weight excluding hydrogens is 250 g/mol. The summed E-state index contributed by atoms with van der Waals surface area (Å²) in [7, 11) is 0. The maximum Gasteiger partial charge on any atom is 0.115 e. The second kappa shape index (κ2) is 7.48. The molecule has 0 radical (unpaired) electrons. The molecule has 0 unspecified atom stereocenters. The highest BCUT2D eigenvalue weighted by atomic mass is 16.3. The molecule has 1 atom stereocenters. The molecule has 0 aliphatic carbocycles. The van der Waals surface area contributed by atoms with Gasteiger partial charge in [0.25, 0.3) is 0 Å². The van der Waals surface area contributed by atoms with Crippen molar-refractivity contribution in [2.45, 2.75) is 6.10 Å². The third kappa shape index (κ3) is 4.53. The van der Waals surface area contributed by atoms with Gasteiger partial charge in [-0.1, -0.05) is 54.6 Å². The molecule has 2 aromatic carbocycles. The summed E-state index contributed by atoms with van der Waals surface area (Å²) in [6, 6.07) is 16.8. The summed E-state index contributed by atoms with van der Waals surface area (Å²) in [5.41, 5.74) is 1.87. The monoisotopic (exact) mass is 269 g/mol. The number of hydrogen-bond donors (Lipinski definition) is 3. The van der Waals surface area contributed by atoms with Crippen LogP contribution < -0.4 is 5.32 Å². The molecular formula is C17H19NO2. The van der Waals surface area contributed by atoms with Crippen molar-refractivity contribution in [1.29, 1.82) is 0 Å². The van der Waals surface area contributed by atoms with Gasteiger partial charge in [0.15, 0.2) is 0 Å². The lowest BCUT2D eigenvalue weighted by molar-refractivity contribution is 0.176. The molecule has 0 aliphatic rings. The summed E-state index contributed by atoms with van der Waals surface area (Å²) in [6.45, 7) is 1.13. The van der Waals surface area contributed by atoms with E-state index >= 15 is 0 Å². The van der Waals surface area contributed by atoms with Gasteiger partial charge >= 0.3 is 0 Å². The summed E-state index contributed by atoms with van der Waals surface area (Å²) >= 11 is 0. The van der Waals surface area contributed by atoms with Gasteiger partial charge in [-0.2, -0.15) is 0 Å². The second-order valence-electron chi connectivity index (χ2n) is 4.58. The zero-order chi connectivity index (χ0) is 14.2. The Morgan fingerprint density at radius 1 is 1.05 bits per heavy atom. The molecule has 0 amide bonds. The van der Waals surface area contributed by atoms with Crippen LogP contribution in [0.3, 0.4) is 0 Å². The Morgan fingerprint density at radius 2 is 1.85 bits per heavy atom. The number of hydrogen-bond acceptors (Lipinski definition) is 3. The lowest BCUT2D eigenvalue weighted by Crippen LogP contribution is -2.21. The Morgan fingerprint density at radius 3 is 2.60 bits per heavy atom. The lowest BCUT2D eigenvalue weighted by atomic mass is 10.1. The first-order valence-electron chi connectivity index (χ1n) is 6.65. The largest absolute Gasteiger partial charge is 0.508 e. The van der Waals surface area contributed by atoms with Gasteiger partial charge in [0, 0.05) is 13.1 Å². The Balaban J connectivity index is 1.74. The van der Waals surface area contributed by atoms with E-state index in [2.05, 4.69) is 5.32 Å². The molecule has 20 heavy (non-hydrogen) atoms. The summed E-state index contributed by atoms with van der Waals surface area (Å²) in [5, 5.41) is 22.5. The third-order valence-corrected chi connectivity index (χ3v) is 2.96. The van der Waals surface area contributed by atoms with E-state index in [0.29, 0.717) is 18.7 Å². The van der Waals surface area contributed by atoms with Crippen molar-refractivity contribution in [2.24, 2.45) is 0 Å². The maximum absolute atomic E-state index is 9.96. The topological polar surface area (TPSA) is 52.5 Å². The highest BCUT2D eigenvalue weighted by Crippen LogP contribution is 2.17. The van der Waals surface area contributed by atoms with E-state index in [1.54, 1.807) is 24.3 Å². The van der Waals surface area contributed by atoms with E-state index in [1.165, 1.54) is 0 Å². The minimum Gasteiger partial charge on any atom is -0.508 e. The minimum atomic E-state index is -0.618. The number of nitrogens with one attached hydrogen (secondary N) is 1. The molecule has 3 heteroatoms. The van der Waals surface area contributed by atoms with Crippen LogP contribution in [0.1, 0.15) is 17.2 Å². The molecule has 0 aliphatic heterocycles. The number of aromatic hydroxyl groups is 1. The Bertz CT molecular complexity index is 552. The van der Waals surface area contributed by atoms with Crippen molar-refractivity contribution in [3.63, 3.8) is 0 Å². The first kappa shape index (κ1) is 14.3. The third-order valence-electron chi connectivity index (χ3n) is 2.96. The van der Waals surface area contributed by atoms with Crippen LogP contribution in [0.4, 0.5) is 0 Å². The number of benzene rings is 2. The molecule has 0 fully saturated rings. The lowest BCUT2D eigenvalue weighted by Gasteiger charge is -2.11. The number of aliphatic hydroxyl groups excluding tert-OH is 1. The number of phenolic OH excluding ortho intramolecular Hbond substituents is 1. The van der Waals surface area contributed by atoms with Crippen molar-refractivity contribution >= 4 is 6.08 Å². The zero-order valence-corrected chi connectivity index (χ0v) is 11.2. The van der Waals surface area contributed by atoms with E-state index in [4.69, 9.17) is 0 Å². The first-order chi connectivity index (χ1) is 9.75. The molecule has 0 heterocycles. The molecule has 3 N–H and O–H groups in total. The van der Waals surface area contributed by atoms with Crippen LogP contribution in [0.5, 0.6) is 5.75 Å². The molecule has 0 aromatic heterocycles. The van der Waals surface area contributed by atoms with Crippen molar-refractivity contribution in [2.75, 3.05) is 13.1 Å². The summed E-state index contributed by atoms with van der Waals surface area (Å²) in [5.74, 6) is 0.172. The second-order valence-corrected chi connectivity index (χ2v) is 4.58. The van der Waals surface area contributed by atoms with Crippen LogP contribution in [-0.4, -0.2) is 23.3 Å². The number of aliphatic hydroxyl groups is 1. The van der Waals surface area contributed by atoms with Gasteiger partial charge in [0.05, 0.1) is 6.10 Å². The van der Waals surface area contributed by atoms with Gasteiger partial charge in [0.2, 0.25) is 0 Å². The molecule has 0 spiro atoms. The zero-order valence-electron chi connectivity index (χ0n) is 11.2. The summed E-state index contributed by atoms with van der Waals surface area (Å²) in [4.78, 5) is 0. The van der Waals surface area contributed by atoms with Gasteiger partial charge in [-0.3, -0.25) is 0 Å². The van der Waals surface area contributed by atoms with Crippen LogP contribution in [0, 0.1) is 0 Å². The fraction of sp³-hybridized carbons (Fsp3) is 0.176. The average Bonchev–Trinajstić information content (AvgIpc) is 2.48. The molecule has 104 valence electrons. The van der Waals surface area contributed by atoms with E-state index in [1.807, 2.05) is 42.5 Å². The van der Waals surface area contributed by atoms with Gasteiger partial charge in [-0.15, -0.1) is 0 Å². The van der Waals surface area contributed by atoms with Gasteiger partial charge in [-0.25, -0.2) is 0 Å². The molecule has 3 nitrogen and oxygen atoms in total. The number of phenols is 1. The average molecular weight is 269 g/mol. The predicted molar refractivity (Wildman–Crippen MR) is 81.4 cm³/mol. The van der Waals surface area contributed by atoms with Crippen LogP contribution in [0.25, 0.3) is 6.08 Å². The predicted octanol–water partition coefficient (Wildman–Crippen LogP) is 2.73. The van der Waals surface area contributed by atoms with Crippen molar-refractivity contribution in [3.05, 3.63) is 71.8 Å². The van der Waals surface area contributed by atoms with Gasteiger partial charge in [0.1, 0.15) is 5.75 Å². The fourth-order valence-corrected chi connectivity index (χ4v) is 1.91. The van der Waals surface area contributed by atoms with Gasteiger partial charge < -0.3 is 15.5 Å². The van der Waals surface area contributed by atoms with Crippen LogP contribution in [0.2, 0.25) is 0 Å². The molecule has 0 saturated carbocycles. The normalized spacial score (nSPS) is 12.7. The van der Waals surface area contributed by atoms with Gasteiger partial charge in [-0.05, 0) is 23.3 Å². The number of rotatable bonds is 6. The van der Waals surface area contributed by atoms with Crippen molar-refractivity contribution < 1.29 is 10.2 Å². The summed E-state index contributed by atoms with van der Waals surface area (Å²) < 4.78 is 0. The Kier molecular flexibility index (Phi) is 5.35. The fourth-order valence-electron chi connectivity index (χ4n) is 1.91. The maximum atomic E-state index is 9.96. The van der Waals surface area contributed by atoms with Crippen LogP contribution in [-0.2, 0) is 0 Å². The summed E-state index contributed by atoms with van der Waals surface area (Å²) in [6.07, 6.45) is 3.44. The van der Waals surface area contributed by atoms with Crippen LogP contribution in [0.15, 0.2) is 60.7 Å². The highest BCUT2D eigenvalue weighted by Gasteiger charge is 2.06. The first-order valence-corrected chi connectivity index (χ1v) is 6.65. The van der Waals surface area contributed by atoms with E-state index in [9.17, 15) is 10.2 Å². The van der Waals surface area contributed by atoms with E-state index in [-0.39, 0.29) is 5.75 Å². The molecule has 0 saturated heterocycles. The quantitative estimate of drug-likeness (QED) is 0.707. The van der Waals surface area contributed by atoms with Crippen molar-refractivity contribution in [1.82, 2.24) is 5.32 Å². The van der Waals surface area contributed by atoms with E-state index < -0.39 is 6.10 Å². The minimum absolute atomic E-state index is 0.172. The molecule has 2 rings (SSSR count). The Labute approximate surface area is 119 Å². The molecule has 2 aromatic rings. The smallest absolute Gasteiger partial charge is 0.115 e. The van der Waals surface area contributed by atoms with Crippen molar-refractivity contribution in [3.8, 4) is 5.75 Å². The van der Waals surface area contributed by atoms with Crippen LogP contribution >= 0.6 is 0 Å². The Hall–Kier alpha value is -2.10.